The van der Waals surface area contributed by atoms with Gasteiger partial charge in [-0.15, -0.1) is 0 Å². The normalized spacial score (nSPS) is 30.8. The predicted octanol–water partition coefficient (Wildman–Crippen LogP) is 3.26. The maximum Gasteiger partial charge on any atom is 0.0178 e. The number of fused-ring (bicyclic) bond motifs is 2. The maximum absolute atomic E-state index is 3.57. The largest absolute Gasteiger partial charge is 0.317 e. The zero-order valence-corrected chi connectivity index (χ0v) is 11.3. The fourth-order valence-electron chi connectivity index (χ4n) is 3.35. The van der Waals surface area contributed by atoms with Gasteiger partial charge < -0.3 is 5.32 Å². The molecule has 1 fully saturated rings. The number of nitrogens with one attached hydrogen (secondary N) is 1. The molecule has 1 saturated carbocycles. The van der Waals surface area contributed by atoms with Crippen LogP contribution in [0, 0.1) is 5.92 Å². The van der Waals surface area contributed by atoms with Gasteiger partial charge in [0.05, 0.1) is 0 Å². The van der Waals surface area contributed by atoms with Crippen LogP contribution in [0.4, 0.5) is 0 Å². The van der Waals surface area contributed by atoms with Crippen LogP contribution in [-0.4, -0.2) is 13.1 Å². The molecule has 16 heavy (non-hydrogen) atoms. The lowest BCUT2D eigenvalue weighted by Crippen LogP contribution is -2.19. The van der Waals surface area contributed by atoms with Gasteiger partial charge in [-0.05, 0) is 61.5 Å². The van der Waals surface area contributed by atoms with Crippen LogP contribution < -0.4 is 5.32 Å². The molecular formula is C14H18BrN. The zero-order chi connectivity index (χ0) is 11.2. The topological polar surface area (TPSA) is 12.0 Å². The van der Waals surface area contributed by atoms with Gasteiger partial charge in [-0.2, -0.15) is 0 Å². The number of halogens is 1. The highest BCUT2D eigenvalue weighted by atomic mass is 79.9. The second-order valence-corrected chi connectivity index (χ2v) is 6.08. The van der Waals surface area contributed by atoms with Crippen molar-refractivity contribution < 1.29 is 0 Å². The molecule has 0 aliphatic heterocycles. The SMILES string of the molecule is CCNCC1CC12CCc1cc(Br)ccc12. The first-order valence-electron chi connectivity index (χ1n) is 6.26. The van der Waals surface area contributed by atoms with Gasteiger partial charge >= 0.3 is 0 Å². The Kier molecular flexibility index (Phi) is 2.60. The van der Waals surface area contributed by atoms with Crippen LogP contribution in [0.5, 0.6) is 0 Å². The minimum Gasteiger partial charge on any atom is -0.317 e. The molecule has 0 bridgehead atoms. The zero-order valence-electron chi connectivity index (χ0n) is 9.72. The Hall–Kier alpha value is -0.340. The van der Waals surface area contributed by atoms with E-state index in [1.54, 1.807) is 11.1 Å². The van der Waals surface area contributed by atoms with Crippen molar-refractivity contribution in [3.05, 3.63) is 33.8 Å². The third kappa shape index (κ3) is 1.54. The summed E-state index contributed by atoms with van der Waals surface area (Å²) in [6.45, 7) is 4.49. The maximum atomic E-state index is 3.57. The summed E-state index contributed by atoms with van der Waals surface area (Å²) in [5, 5.41) is 3.49. The first-order chi connectivity index (χ1) is 7.76. The van der Waals surface area contributed by atoms with Crippen molar-refractivity contribution in [2.75, 3.05) is 13.1 Å². The summed E-state index contributed by atoms with van der Waals surface area (Å²) in [6.07, 6.45) is 4.04. The average molecular weight is 280 g/mol. The molecule has 3 rings (SSSR count). The molecule has 86 valence electrons. The lowest BCUT2D eigenvalue weighted by atomic mass is 9.95. The molecule has 1 nitrogen and oxygen atoms in total. The molecule has 2 unspecified atom stereocenters. The summed E-state index contributed by atoms with van der Waals surface area (Å²) >= 11 is 3.57. The van der Waals surface area contributed by atoms with Crippen LogP contribution in [0.3, 0.4) is 0 Å². The predicted molar refractivity (Wildman–Crippen MR) is 70.8 cm³/mol. The van der Waals surface area contributed by atoms with E-state index in [2.05, 4.69) is 46.4 Å². The second-order valence-electron chi connectivity index (χ2n) is 5.17. The third-order valence-corrected chi connectivity index (χ3v) is 4.81. The van der Waals surface area contributed by atoms with E-state index in [0.717, 1.165) is 12.5 Å². The Labute approximate surface area is 106 Å². The van der Waals surface area contributed by atoms with Crippen molar-refractivity contribution in [2.45, 2.75) is 31.6 Å². The van der Waals surface area contributed by atoms with E-state index in [9.17, 15) is 0 Å². The van der Waals surface area contributed by atoms with Gasteiger partial charge in [0.25, 0.3) is 0 Å². The fraction of sp³-hybridized carbons (Fsp3) is 0.571. The molecule has 0 aromatic heterocycles. The van der Waals surface area contributed by atoms with E-state index in [1.807, 2.05) is 0 Å². The lowest BCUT2D eigenvalue weighted by molar-refractivity contribution is 0.556. The van der Waals surface area contributed by atoms with Crippen LogP contribution in [0.15, 0.2) is 22.7 Å². The van der Waals surface area contributed by atoms with Gasteiger partial charge in [0, 0.05) is 9.89 Å². The van der Waals surface area contributed by atoms with Gasteiger partial charge in [-0.1, -0.05) is 28.9 Å². The van der Waals surface area contributed by atoms with Crippen LogP contribution >= 0.6 is 15.9 Å². The van der Waals surface area contributed by atoms with E-state index in [1.165, 1.54) is 30.3 Å². The van der Waals surface area contributed by atoms with Gasteiger partial charge in [-0.25, -0.2) is 0 Å². The number of rotatable bonds is 3. The van der Waals surface area contributed by atoms with Gasteiger partial charge in [0.2, 0.25) is 0 Å². The molecular weight excluding hydrogens is 262 g/mol. The molecule has 2 atom stereocenters. The Bertz CT molecular complexity index is 415. The highest BCUT2D eigenvalue weighted by Gasteiger charge is 2.57. The molecule has 0 radical (unpaired) electrons. The molecule has 2 heteroatoms. The van der Waals surface area contributed by atoms with E-state index in [0.29, 0.717) is 5.41 Å². The Morgan fingerprint density at radius 2 is 2.38 bits per heavy atom. The van der Waals surface area contributed by atoms with E-state index < -0.39 is 0 Å². The average Bonchev–Trinajstić information content (AvgIpc) is 2.86. The third-order valence-electron chi connectivity index (χ3n) is 4.32. The van der Waals surface area contributed by atoms with Crippen molar-refractivity contribution >= 4 is 15.9 Å². The highest BCUT2D eigenvalue weighted by molar-refractivity contribution is 9.10. The minimum absolute atomic E-state index is 0.554. The Balaban J connectivity index is 1.83. The molecule has 0 saturated heterocycles. The van der Waals surface area contributed by atoms with E-state index in [-0.39, 0.29) is 0 Å². The number of aryl methyl sites for hydroxylation is 1. The Morgan fingerprint density at radius 3 is 3.19 bits per heavy atom. The fourth-order valence-corrected chi connectivity index (χ4v) is 3.76. The summed E-state index contributed by atoms with van der Waals surface area (Å²) in [6, 6.07) is 6.86. The molecule has 2 aliphatic carbocycles. The van der Waals surface area contributed by atoms with E-state index >= 15 is 0 Å². The standard InChI is InChI=1S/C14H18BrN/c1-2-16-9-11-8-14(11)6-5-10-7-12(15)3-4-13(10)14/h3-4,7,11,16H,2,5-6,8-9H2,1H3. The first-order valence-corrected chi connectivity index (χ1v) is 7.05. The van der Waals surface area contributed by atoms with Crippen LogP contribution in [0.25, 0.3) is 0 Å². The van der Waals surface area contributed by atoms with Crippen LogP contribution in [-0.2, 0) is 11.8 Å². The van der Waals surface area contributed by atoms with Crippen molar-refractivity contribution in [1.29, 1.82) is 0 Å². The van der Waals surface area contributed by atoms with Crippen LogP contribution in [0.1, 0.15) is 30.9 Å². The molecule has 1 aromatic rings. The Morgan fingerprint density at radius 1 is 1.50 bits per heavy atom. The lowest BCUT2D eigenvalue weighted by Gasteiger charge is -2.11. The summed E-state index contributed by atoms with van der Waals surface area (Å²) in [5.41, 5.74) is 3.77. The highest BCUT2D eigenvalue weighted by Crippen LogP contribution is 2.61. The van der Waals surface area contributed by atoms with Gasteiger partial charge in [0.1, 0.15) is 0 Å². The molecule has 1 N–H and O–H groups in total. The molecule has 1 spiro atoms. The summed E-state index contributed by atoms with van der Waals surface area (Å²) in [4.78, 5) is 0. The smallest absolute Gasteiger partial charge is 0.0178 e. The second kappa shape index (κ2) is 3.85. The van der Waals surface area contributed by atoms with Crippen LogP contribution in [0.2, 0.25) is 0 Å². The van der Waals surface area contributed by atoms with Crippen molar-refractivity contribution in [2.24, 2.45) is 5.92 Å². The van der Waals surface area contributed by atoms with Gasteiger partial charge in [0.15, 0.2) is 0 Å². The quantitative estimate of drug-likeness (QED) is 0.896. The summed E-state index contributed by atoms with van der Waals surface area (Å²) in [5.74, 6) is 0.884. The molecule has 0 amide bonds. The first kappa shape index (κ1) is 10.8. The van der Waals surface area contributed by atoms with Crippen molar-refractivity contribution in [3.63, 3.8) is 0 Å². The molecule has 0 heterocycles. The summed E-state index contributed by atoms with van der Waals surface area (Å²) in [7, 11) is 0. The molecule has 1 aromatic carbocycles. The van der Waals surface area contributed by atoms with Crippen molar-refractivity contribution in [3.8, 4) is 0 Å². The number of benzene rings is 1. The van der Waals surface area contributed by atoms with Gasteiger partial charge in [-0.3, -0.25) is 0 Å². The van der Waals surface area contributed by atoms with Crippen molar-refractivity contribution in [1.82, 2.24) is 5.32 Å². The number of hydrogen-bond donors (Lipinski definition) is 1. The number of hydrogen-bond acceptors (Lipinski definition) is 1. The summed E-state index contributed by atoms with van der Waals surface area (Å²) < 4.78 is 1.23. The molecule has 2 aliphatic rings. The monoisotopic (exact) mass is 279 g/mol. The minimum atomic E-state index is 0.554. The van der Waals surface area contributed by atoms with E-state index in [4.69, 9.17) is 0 Å².